The minimum atomic E-state index is -0.347. The summed E-state index contributed by atoms with van der Waals surface area (Å²) in [6.07, 6.45) is 3.64. The molecule has 1 aliphatic heterocycles. The molecular weight excluding hydrogens is 492 g/mol. The molecule has 1 aliphatic rings. The highest BCUT2D eigenvalue weighted by atomic mass is 16.2. The van der Waals surface area contributed by atoms with Crippen LogP contribution in [0.3, 0.4) is 0 Å². The number of nitrogens with zero attached hydrogens (tertiary/aromatic N) is 1. The van der Waals surface area contributed by atoms with Crippen molar-refractivity contribution in [3.8, 4) is 0 Å². The molecule has 1 heterocycles. The van der Waals surface area contributed by atoms with Crippen LogP contribution in [0.1, 0.15) is 99.5 Å². The Kier molecular flexibility index (Phi) is 8.87. The topological polar surface area (TPSA) is 49.4 Å². The lowest BCUT2D eigenvalue weighted by atomic mass is 9.82. The molecule has 0 unspecified atom stereocenters. The molecule has 2 amide bonds. The molecule has 1 N–H and O–H groups in total. The molecule has 4 heteroatoms. The summed E-state index contributed by atoms with van der Waals surface area (Å²) in [7, 11) is 0. The quantitative estimate of drug-likeness (QED) is 0.342. The Morgan fingerprint density at radius 2 is 1.60 bits per heavy atom. The van der Waals surface area contributed by atoms with Crippen molar-refractivity contribution in [2.45, 2.75) is 85.6 Å². The number of hydrogen-bond acceptors (Lipinski definition) is 2. The number of piperidine rings is 1. The van der Waals surface area contributed by atoms with Gasteiger partial charge in [-0.1, -0.05) is 96.1 Å². The molecule has 4 rings (SSSR count). The third kappa shape index (κ3) is 7.21. The SMILES string of the molecule is Cc1ccccc1C(=O)N1CCC[C@H](C(=O)Nc2cccc(C(C)(C)C)c2)[C@@H]1c1ccc(CCC(C)(C)C)cc1. The summed E-state index contributed by atoms with van der Waals surface area (Å²) in [4.78, 5) is 29.8. The Morgan fingerprint density at radius 3 is 2.25 bits per heavy atom. The molecule has 0 spiro atoms. The van der Waals surface area contributed by atoms with Gasteiger partial charge in [0, 0.05) is 17.8 Å². The van der Waals surface area contributed by atoms with Crippen LogP contribution < -0.4 is 5.32 Å². The van der Waals surface area contributed by atoms with Crippen LogP contribution in [-0.2, 0) is 16.6 Å². The fourth-order valence-corrected chi connectivity index (χ4v) is 5.58. The van der Waals surface area contributed by atoms with Gasteiger partial charge >= 0.3 is 0 Å². The minimum Gasteiger partial charge on any atom is -0.331 e. The molecule has 3 aromatic carbocycles. The van der Waals surface area contributed by atoms with Gasteiger partial charge in [-0.15, -0.1) is 0 Å². The monoisotopic (exact) mass is 538 g/mol. The minimum absolute atomic E-state index is 0.00728. The maximum atomic E-state index is 14.0. The fraction of sp³-hybridized carbons (Fsp3) is 0.444. The van der Waals surface area contributed by atoms with E-state index in [1.165, 1.54) is 11.1 Å². The van der Waals surface area contributed by atoms with E-state index < -0.39 is 0 Å². The molecule has 0 aromatic heterocycles. The molecular formula is C36H46N2O2. The summed E-state index contributed by atoms with van der Waals surface area (Å²) >= 11 is 0. The van der Waals surface area contributed by atoms with E-state index in [4.69, 9.17) is 0 Å². The van der Waals surface area contributed by atoms with Gasteiger partial charge in [-0.2, -0.15) is 0 Å². The molecule has 1 fully saturated rings. The van der Waals surface area contributed by atoms with Crippen LogP contribution in [-0.4, -0.2) is 23.3 Å². The summed E-state index contributed by atoms with van der Waals surface area (Å²) in [5.74, 6) is -0.386. The molecule has 0 bridgehead atoms. The highest BCUT2D eigenvalue weighted by Gasteiger charge is 2.40. The lowest BCUT2D eigenvalue weighted by Gasteiger charge is -2.41. The van der Waals surface area contributed by atoms with Crippen LogP contribution >= 0.6 is 0 Å². The van der Waals surface area contributed by atoms with Gasteiger partial charge < -0.3 is 10.2 Å². The maximum Gasteiger partial charge on any atom is 0.254 e. The highest BCUT2D eigenvalue weighted by molar-refractivity contribution is 5.98. The predicted octanol–water partition coefficient (Wildman–Crippen LogP) is 8.50. The molecule has 4 nitrogen and oxygen atoms in total. The van der Waals surface area contributed by atoms with Crippen LogP contribution in [0, 0.1) is 18.3 Å². The largest absolute Gasteiger partial charge is 0.331 e. The van der Waals surface area contributed by atoms with Crippen molar-refractivity contribution in [1.29, 1.82) is 0 Å². The zero-order valence-electron chi connectivity index (χ0n) is 25.4. The van der Waals surface area contributed by atoms with Crippen molar-refractivity contribution in [1.82, 2.24) is 4.90 Å². The number of carbonyl (C=O) groups is 2. The molecule has 0 saturated carbocycles. The number of anilines is 1. The van der Waals surface area contributed by atoms with Crippen molar-refractivity contribution in [2.24, 2.45) is 11.3 Å². The smallest absolute Gasteiger partial charge is 0.254 e. The van der Waals surface area contributed by atoms with Gasteiger partial charge in [-0.3, -0.25) is 9.59 Å². The second kappa shape index (κ2) is 12.0. The van der Waals surface area contributed by atoms with Crippen LogP contribution in [0.4, 0.5) is 5.69 Å². The summed E-state index contributed by atoms with van der Waals surface area (Å²) < 4.78 is 0. The summed E-state index contributed by atoms with van der Waals surface area (Å²) in [5, 5.41) is 3.21. The second-order valence-electron chi connectivity index (χ2n) is 13.6. The van der Waals surface area contributed by atoms with Crippen molar-refractivity contribution < 1.29 is 9.59 Å². The number of aryl methyl sites for hydroxylation is 2. The first kappa shape index (κ1) is 29.6. The zero-order valence-corrected chi connectivity index (χ0v) is 25.4. The summed E-state index contributed by atoms with van der Waals surface area (Å²) in [6.45, 7) is 15.9. The average Bonchev–Trinajstić information content (AvgIpc) is 2.91. The highest BCUT2D eigenvalue weighted by Crippen LogP contribution is 2.39. The Hall–Kier alpha value is -3.40. The van der Waals surface area contributed by atoms with Gasteiger partial charge in [-0.25, -0.2) is 0 Å². The van der Waals surface area contributed by atoms with E-state index in [1.807, 2.05) is 48.2 Å². The Bertz CT molecular complexity index is 1330. The standard InChI is InChI=1S/C36H46N2O2/c1-25-12-8-9-15-30(25)34(40)38-23-11-16-31(33(39)37-29-14-10-13-28(24-29)36(5,6)7)32(38)27-19-17-26(18-20-27)21-22-35(2,3)4/h8-10,12-15,17-20,24,31-32H,11,16,21-23H2,1-7H3,(H,37,39)/t31-,32-/m0/s1. The first-order chi connectivity index (χ1) is 18.8. The van der Waals surface area contributed by atoms with E-state index in [2.05, 4.69) is 83.3 Å². The number of amides is 2. The van der Waals surface area contributed by atoms with E-state index in [1.54, 1.807) is 0 Å². The van der Waals surface area contributed by atoms with E-state index in [-0.39, 0.29) is 34.6 Å². The van der Waals surface area contributed by atoms with Crippen molar-refractivity contribution >= 4 is 17.5 Å². The number of nitrogens with one attached hydrogen (secondary N) is 1. The number of carbonyl (C=O) groups excluding carboxylic acids is 2. The first-order valence-corrected chi connectivity index (χ1v) is 14.7. The van der Waals surface area contributed by atoms with Crippen LogP contribution in [0.2, 0.25) is 0 Å². The average molecular weight is 539 g/mol. The van der Waals surface area contributed by atoms with Crippen molar-refractivity contribution in [3.63, 3.8) is 0 Å². The van der Waals surface area contributed by atoms with Crippen LogP contribution in [0.25, 0.3) is 0 Å². The number of hydrogen-bond donors (Lipinski definition) is 1. The number of rotatable bonds is 6. The van der Waals surface area contributed by atoms with Gasteiger partial charge in [0.25, 0.3) is 5.91 Å². The van der Waals surface area contributed by atoms with Gasteiger partial charge in [0.15, 0.2) is 0 Å². The number of benzene rings is 3. The first-order valence-electron chi connectivity index (χ1n) is 14.7. The van der Waals surface area contributed by atoms with Gasteiger partial charge in [0.05, 0.1) is 12.0 Å². The third-order valence-electron chi connectivity index (χ3n) is 8.09. The molecule has 40 heavy (non-hydrogen) atoms. The Morgan fingerprint density at radius 1 is 0.900 bits per heavy atom. The molecule has 0 aliphatic carbocycles. The van der Waals surface area contributed by atoms with Crippen molar-refractivity contribution in [3.05, 3.63) is 101 Å². The zero-order chi connectivity index (χ0) is 29.1. The lowest BCUT2D eigenvalue weighted by Crippen LogP contribution is -2.46. The Labute approximate surface area is 241 Å². The molecule has 3 aromatic rings. The van der Waals surface area contributed by atoms with Gasteiger partial charge in [0.1, 0.15) is 0 Å². The predicted molar refractivity (Wildman–Crippen MR) is 166 cm³/mol. The number of likely N-dealkylation sites (tertiary alicyclic amines) is 1. The normalized spacial score (nSPS) is 17.9. The fourth-order valence-electron chi connectivity index (χ4n) is 5.58. The maximum absolute atomic E-state index is 14.0. The Balaban J connectivity index is 1.67. The summed E-state index contributed by atoms with van der Waals surface area (Å²) in [5.41, 5.74) is 6.19. The molecule has 0 radical (unpaired) electrons. The third-order valence-corrected chi connectivity index (χ3v) is 8.09. The van der Waals surface area contributed by atoms with Crippen molar-refractivity contribution in [2.75, 3.05) is 11.9 Å². The van der Waals surface area contributed by atoms with E-state index in [9.17, 15) is 9.59 Å². The van der Waals surface area contributed by atoms with Crippen LogP contribution in [0.15, 0.2) is 72.8 Å². The summed E-state index contributed by atoms with van der Waals surface area (Å²) in [6, 6.07) is 24.1. The van der Waals surface area contributed by atoms with Gasteiger partial charge in [-0.05, 0) is 83.9 Å². The lowest BCUT2D eigenvalue weighted by molar-refractivity contribution is -0.123. The van der Waals surface area contributed by atoms with E-state index >= 15 is 0 Å². The second-order valence-corrected chi connectivity index (χ2v) is 13.6. The van der Waals surface area contributed by atoms with E-state index in [0.717, 1.165) is 42.5 Å². The molecule has 2 atom stereocenters. The molecule has 1 saturated heterocycles. The molecule has 212 valence electrons. The van der Waals surface area contributed by atoms with E-state index in [0.29, 0.717) is 12.1 Å². The van der Waals surface area contributed by atoms with Gasteiger partial charge in [0.2, 0.25) is 5.91 Å². The van der Waals surface area contributed by atoms with Crippen LogP contribution in [0.5, 0.6) is 0 Å².